The van der Waals surface area contributed by atoms with Crippen molar-refractivity contribution >= 4 is 23.4 Å². The normalized spacial score (nSPS) is 16.9. The zero-order valence-corrected chi connectivity index (χ0v) is 21.3. The molecule has 2 aromatic heterocycles. The fraction of sp³-hybridized carbons (Fsp3) is 0.333. The van der Waals surface area contributed by atoms with Crippen molar-refractivity contribution in [2.75, 3.05) is 20.3 Å². The molecule has 1 fully saturated rings. The molecule has 10 nitrogen and oxygen atoms in total. The van der Waals surface area contributed by atoms with Crippen molar-refractivity contribution in [3.8, 4) is 5.75 Å². The minimum Gasteiger partial charge on any atom is -0.872 e. The van der Waals surface area contributed by atoms with E-state index in [2.05, 4.69) is 9.97 Å². The molecule has 3 heterocycles. The summed E-state index contributed by atoms with van der Waals surface area (Å²) < 4.78 is 12.3. The zero-order valence-electron chi connectivity index (χ0n) is 21.3. The van der Waals surface area contributed by atoms with Crippen LogP contribution in [0.2, 0.25) is 0 Å². The minimum atomic E-state index is -0.866. The number of rotatable bonds is 9. The van der Waals surface area contributed by atoms with Crippen LogP contribution in [0.5, 0.6) is 5.75 Å². The van der Waals surface area contributed by atoms with Gasteiger partial charge < -0.3 is 24.5 Å². The first-order valence-corrected chi connectivity index (χ1v) is 12.1. The van der Waals surface area contributed by atoms with Gasteiger partial charge in [-0.25, -0.2) is 9.36 Å². The molecule has 4 rings (SSSR count). The van der Waals surface area contributed by atoms with Crippen LogP contribution in [0.4, 0.5) is 0 Å². The SMILES string of the molecule is CCOc1ccc(C2C(=C([O-])c3c(C)[nH]c(C(=O)OC)c3C)C(=O)C(=O)N2CCC[n+]2cc[nH]c2)cc1. The summed E-state index contributed by atoms with van der Waals surface area (Å²) in [5.74, 6) is -2.12. The molecule has 2 N–H and O–H groups in total. The highest BCUT2D eigenvalue weighted by Crippen LogP contribution is 2.40. The van der Waals surface area contributed by atoms with Gasteiger partial charge in [0, 0.05) is 24.2 Å². The second-order valence-corrected chi connectivity index (χ2v) is 8.79. The molecule has 1 unspecified atom stereocenters. The molecule has 194 valence electrons. The lowest BCUT2D eigenvalue weighted by atomic mass is 9.94. The maximum atomic E-state index is 13.9. The molecule has 1 aliphatic rings. The molecule has 37 heavy (non-hydrogen) atoms. The number of esters is 1. The Bertz CT molecular complexity index is 1340. The lowest BCUT2D eigenvalue weighted by Crippen LogP contribution is -2.36. The van der Waals surface area contributed by atoms with Crippen LogP contribution in [0.25, 0.3) is 5.76 Å². The van der Waals surface area contributed by atoms with Gasteiger partial charge in [-0.1, -0.05) is 17.9 Å². The Balaban J connectivity index is 1.79. The summed E-state index contributed by atoms with van der Waals surface area (Å²) in [5.41, 5.74) is 1.61. The Hall–Kier alpha value is -4.34. The number of ketones is 1. The molecule has 10 heteroatoms. The third-order valence-corrected chi connectivity index (χ3v) is 6.51. The number of carbonyl (C=O) groups excluding carboxylic acids is 3. The summed E-state index contributed by atoms with van der Waals surface area (Å²) in [6, 6.07) is 6.17. The molecule has 1 aliphatic heterocycles. The third kappa shape index (κ3) is 4.87. The number of aromatic amines is 2. The van der Waals surface area contributed by atoms with Crippen molar-refractivity contribution < 1.29 is 33.5 Å². The molecular formula is C27H30N4O6. The maximum Gasteiger partial charge on any atom is 0.354 e. The van der Waals surface area contributed by atoms with E-state index in [4.69, 9.17) is 9.47 Å². The number of carbonyl (C=O) groups is 3. The number of nitrogens with zero attached hydrogens (tertiary/aromatic N) is 2. The molecule has 0 spiro atoms. The fourth-order valence-corrected chi connectivity index (χ4v) is 4.78. The number of benzene rings is 1. The summed E-state index contributed by atoms with van der Waals surface area (Å²) >= 11 is 0. The van der Waals surface area contributed by atoms with Gasteiger partial charge in [-0.05, 0) is 49.6 Å². The molecule has 3 aromatic rings. The van der Waals surface area contributed by atoms with Gasteiger partial charge in [-0.2, -0.15) is 0 Å². The van der Waals surface area contributed by atoms with Gasteiger partial charge in [-0.3, -0.25) is 14.6 Å². The molecule has 1 atom stereocenters. The quantitative estimate of drug-likeness (QED) is 0.149. The second-order valence-electron chi connectivity index (χ2n) is 8.79. The first-order valence-electron chi connectivity index (χ1n) is 12.1. The lowest BCUT2D eigenvalue weighted by molar-refractivity contribution is -0.695. The van der Waals surface area contributed by atoms with E-state index in [9.17, 15) is 19.5 Å². The molecule has 0 bridgehead atoms. The molecular weight excluding hydrogens is 476 g/mol. The third-order valence-electron chi connectivity index (χ3n) is 6.51. The van der Waals surface area contributed by atoms with Crippen LogP contribution in [0.1, 0.15) is 52.3 Å². The Labute approximate surface area is 214 Å². The van der Waals surface area contributed by atoms with Crippen LogP contribution < -0.4 is 14.4 Å². The lowest BCUT2D eigenvalue weighted by Gasteiger charge is -2.27. The van der Waals surface area contributed by atoms with Gasteiger partial charge >= 0.3 is 5.97 Å². The van der Waals surface area contributed by atoms with Gasteiger partial charge in [0.15, 0.2) is 0 Å². The summed E-state index contributed by atoms with van der Waals surface area (Å²) in [5, 5.41) is 13.9. The molecule has 0 aliphatic carbocycles. The van der Waals surface area contributed by atoms with Gasteiger partial charge in [0.1, 0.15) is 23.8 Å². The van der Waals surface area contributed by atoms with E-state index >= 15 is 0 Å². The number of hydrogen-bond donors (Lipinski definition) is 2. The van der Waals surface area contributed by atoms with Crippen LogP contribution in [0, 0.1) is 13.8 Å². The maximum absolute atomic E-state index is 13.9. The van der Waals surface area contributed by atoms with E-state index in [0.29, 0.717) is 42.1 Å². The average Bonchev–Trinajstić information content (AvgIpc) is 3.57. The number of Topliss-reactive ketones (excluding diaryl/α,β-unsaturated/α-hetero) is 1. The molecule has 1 amide bonds. The predicted octanol–water partition coefficient (Wildman–Crippen LogP) is 1.75. The minimum absolute atomic E-state index is 0.134. The largest absolute Gasteiger partial charge is 0.872 e. The molecule has 1 saturated heterocycles. The molecule has 0 saturated carbocycles. The van der Waals surface area contributed by atoms with E-state index in [1.165, 1.54) is 12.0 Å². The number of aryl methyl sites for hydroxylation is 2. The van der Waals surface area contributed by atoms with Crippen molar-refractivity contribution in [1.29, 1.82) is 0 Å². The summed E-state index contributed by atoms with van der Waals surface area (Å²) in [7, 11) is 1.25. The van der Waals surface area contributed by atoms with E-state index in [1.807, 2.05) is 17.7 Å². The zero-order chi connectivity index (χ0) is 26.7. The monoisotopic (exact) mass is 506 g/mol. The Kier molecular flexibility index (Phi) is 7.47. The van der Waals surface area contributed by atoms with Gasteiger partial charge in [0.25, 0.3) is 5.91 Å². The highest BCUT2D eigenvalue weighted by Gasteiger charge is 2.44. The van der Waals surface area contributed by atoms with Crippen LogP contribution >= 0.6 is 0 Å². The summed E-state index contributed by atoms with van der Waals surface area (Å²) in [6.07, 6.45) is 6.05. The van der Waals surface area contributed by atoms with E-state index in [1.54, 1.807) is 50.6 Å². The number of H-pyrrole nitrogens is 2. The van der Waals surface area contributed by atoms with Crippen LogP contribution in [0.15, 0.2) is 48.6 Å². The predicted molar refractivity (Wildman–Crippen MR) is 131 cm³/mol. The number of likely N-dealkylation sites (tertiary alicyclic amines) is 1. The molecule has 1 aromatic carbocycles. The number of imidazole rings is 1. The Morgan fingerprint density at radius 2 is 1.92 bits per heavy atom. The smallest absolute Gasteiger partial charge is 0.354 e. The Morgan fingerprint density at radius 3 is 2.54 bits per heavy atom. The number of amides is 1. The van der Waals surface area contributed by atoms with Crippen molar-refractivity contribution in [2.24, 2.45) is 0 Å². The fourth-order valence-electron chi connectivity index (χ4n) is 4.78. The van der Waals surface area contributed by atoms with Crippen LogP contribution in [-0.4, -0.2) is 52.8 Å². The van der Waals surface area contributed by atoms with Crippen molar-refractivity contribution in [1.82, 2.24) is 14.9 Å². The second kappa shape index (κ2) is 10.7. The number of ether oxygens (including phenoxy) is 2. The van der Waals surface area contributed by atoms with E-state index < -0.39 is 29.5 Å². The first-order chi connectivity index (χ1) is 17.8. The van der Waals surface area contributed by atoms with Crippen molar-refractivity contribution in [3.05, 3.63) is 76.6 Å². The summed E-state index contributed by atoms with van der Waals surface area (Å²) in [6.45, 7) is 6.53. The van der Waals surface area contributed by atoms with Gasteiger partial charge in [0.05, 0.1) is 26.3 Å². The molecule has 0 radical (unpaired) electrons. The summed E-state index contributed by atoms with van der Waals surface area (Å²) in [4.78, 5) is 46.0. The standard InChI is InChI=1S/C27H30N4O6/c1-5-37-19-9-7-18(8-10-19)23-21(24(32)20-16(2)22(27(35)36-4)29-17(20)3)25(33)26(34)31(23)13-6-12-30-14-11-28-15-30/h7-11,14-15,23H,5-6,12-13H2,1-4H3,(H2,29,32,33,35). The topological polar surface area (TPSA) is 131 Å². The van der Waals surface area contributed by atoms with Crippen molar-refractivity contribution in [3.63, 3.8) is 0 Å². The van der Waals surface area contributed by atoms with Crippen LogP contribution in [0.3, 0.4) is 0 Å². The Morgan fingerprint density at radius 1 is 1.19 bits per heavy atom. The number of methoxy groups -OCH3 is 1. The number of nitrogens with one attached hydrogen (secondary N) is 2. The highest BCUT2D eigenvalue weighted by atomic mass is 16.5. The van der Waals surface area contributed by atoms with Crippen molar-refractivity contribution in [2.45, 2.75) is 39.8 Å². The average molecular weight is 507 g/mol. The van der Waals surface area contributed by atoms with Crippen LogP contribution in [-0.2, 0) is 20.9 Å². The van der Waals surface area contributed by atoms with E-state index in [0.717, 1.165) is 0 Å². The first kappa shape index (κ1) is 25.7. The number of hydrogen-bond acceptors (Lipinski definition) is 6. The van der Waals surface area contributed by atoms with Gasteiger partial charge in [-0.15, -0.1) is 0 Å². The number of aromatic nitrogens is 3. The van der Waals surface area contributed by atoms with E-state index in [-0.39, 0.29) is 23.4 Å². The van der Waals surface area contributed by atoms with Gasteiger partial charge in [0.2, 0.25) is 12.1 Å². The highest BCUT2D eigenvalue weighted by molar-refractivity contribution is 6.46.